The topological polar surface area (TPSA) is 35.2 Å². The van der Waals surface area contributed by atoms with Crippen LogP contribution in [0.2, 0.25) is 0 Å². The van der Waals surface area contributed by atoms with E-state index < -0.39 is 0 Å². The summed E-state index contributed by atoms with van der Waals surface area (Å²) in [4.78, 5) is 0. The van der Waals surface area contributed by atoms with Crippen LogP contribution in [0.1, 0.15) is 69.6 Å². The maximum atomic E-state index is 6.55. The molecule has 4 unspecified atom stereocenters. The van der Waals surface area contributed by atoms with Gasteiger partial charge in [-0.25, -0.2) is 0 Å². The van der Waals surface area contributed by atoms with Gasteiger partial charge in [-0.15, -0.1) is 0 Å². The quantitative estimate of drug-likeness (QED) is 0.819. The maximum Gasteiger partial charge on any atom is 0.0979 e. The van der Waals surface area contributed by atoms with Gasteiger partial charge in [0.2, 0.25) is 0 Å². The smallest absolute Gasteiger partial charge is 0.0979 e. The molecule has 0 heterocycles. The number of benzene rings is 1. The Morgan fingerprint density at radius 2 is 1.81 bits per heavy atom. The number of nitrogens with two attached hydrogens (primary N) is 1. The lowest BCUT2D eigenvalue weighted by molar-refractivity contribution is -0.0725. The highest BCUT2D eigenvalue weighted by Crippen LogP contribution is 2.34. The minimum absolute atomic E-state index is 0.0350. The summed E-state index contributed by atoms with van der Waals surface area (Å²) in [6, 6.07) is 8.75. The van der Waals surface area contributed by atoms with Crippen molar-refractivity contribution in [2.45, 2.75) is 77.5 Å². The van der Waals surface area contributed by atoms with Crippen molar-refractivity contribution in [3.63, 3.8) is 0 Å². The van der Waals surface area contributed by atoms with E-state index in [-0.39, 0.29) is 12.1 Å². The Labute approximate surface area is 130 Å². The summed E-state index contributed by atoms with van der Waals surface area (Å²) < 4.78 is 6.55. The molecule has 4 atom stereocenters. The second kappa shape index (κ2) is 7.95. The van der Waals surface area contributed by atoms with E-state index in [1.807, 2.05) is 0 Å². The molecular formula is C19H31NO. The Hall–Kier alpha value is -0.860. The molecule has 1 aliphatic rings. The SMILES string of the molecule is CCC(N)C(OC1CCCCC1CC)c1ccc(C)cc1. The Kier molecular flexibility index (Phi) is 6.25. The van der Waals surface area contributed by atoms with Crippen LogP contribution in [0.3, 0.4) is 0 Å². The van der Waals surface area contributed by atoms with Crippen molar-refractivity contribution in [3.05, 3.63) is 35.4 Å². The Morgan fingerprint density at radius 1 is 1.14 bits per heavy atom. The molecule has 1 aromatic rings. The number of ether oxygens (including phenoxy) is 1. The molecule has 2 rings (SSSR count). The molecule has 1 fully saturated rings. The number of aryl methyl sites for hydroxylation is 1. The molecule has 1 saturated carbocycles. The Bertz CT molecular complexity index is 414. The van der Waals surface area contributed by atoms with E-state index in [9.17, 15) is 0 Å². The predicted octanol–water partition coefficient (Wildman–Crippen LogP) is 4.76. The summed E-state index contributed by atoms with van der Waals surface area (Å²) in [5, 5.41) is 0. The summed E-state index contributed by atoms with van der Waals surface area (Å²) in [6.07, 6.45) is 7.73. The Morgan fingerprint density at radius 3 is 2.43 bits per heavy atom. The zero-order valence-electron chi connectivity index (χ0n) is 13.8. The fourth-order valence-corrected chi connectivity index (χ4v) is 3.41. The van der Waals surface area contributed by atoms with E-state index in [2.05, 4.69) is 45.0 Å². The number of rotatable bonds is 6. The van der Waals surface area contributed by atoms with Crippen LogP contribution in [-0.2, 0) is 4.74 Å². The van der Waals surface area contributed by atoms with Gasteiger partial charge in [0.1, 0.15) is 0 Å². The molecule has 118 valence electrons. The van der Waals surface area contributed by atoms with E-state index in [1.165, 1.54) is 43.2 Å². The second-order valence-electron chi connectivity index (χ2n) is 6.53. The van der Waals surface area contributed by atoms with Crippen LogP contribution < -0.4 is 5.73 Å². The highest BCUT2D eigenvalue weighted by molar-refractivity contribution is 5.24. The highest BCUT2D eigenvalue weighted by Gasteiger charge is 2.29. The molecule has 0 amide bonds. The minimum atomic E-state index is 0.0350. The van der Waals surface area contributed by atoms with E-state index in [4.69, 9.17) is 10.5 Å². The molecule has 0 aliphatic heterocycles. The number of hydrogen-bond donors (Lipinski definition) is 1. The predicted molar refractivity (Wildman–Crippen MR) is 89.3 cm³/mol. The summed E-state index contributed by atoms with van der Waals surface area (Å²) in [6.45, 7) is 6.55. The van der Waals surface area contributed by atoms with Crippen LogP contribution >= 0.6 is 0 Å². The average molecular weight is 289 g/mol. The molecule has 1 aromatic carbocycles. The van der Waals surface area contributed by atoms with Crippen molar-refractivity contribution in [1.82, 2.24) is 0 Å². The van der Waals surface area contributed by atoms with Crippen molar-refractivity contribution < 1.29 is 4.74 Å². The highest BCUT2D eigenvalue weighted by atomic mass is 16.5. The van der Waals surface area contributed by atoms with Gasteiger partial charge in [-0.05, 0) is 37.7 Å². The normalized spacial score (nSPS) is 25.5. The van der Waals surface area contributed by atoms with E-state index in [0.29, 0.717) is 12.0 Å². The van der Waals surface area contributed by atoms with Crippen molar-refractivity contribution in [3.8, 4) is 0 Å². The monoisotopic (exact) mass is 289 g/mol. The first kappa shape index (κ1) is 16.5. The second-order valence-corrected chi connectivity index (χ2v) is 6.53. The van der Waals surface area contributed by atoms with Crippen LogP contribution in [0.4, 0.5) is 0 Å². The third-order valence-electron chi connectivity index (χ3n) is 4.95. The summed E-state index contributed by atoms with van der Waals surface area (Å²) in [5.74, 6) is 0.704. The molecule has 0 radical (unpaired) electrons. The third kappa shape index (κ3) is 4.31. The van der Waals surface area contributed by atoms with Gasteiger partial charge in [-0.2, -0.15) is 0 Å². The van der Waals surface area contributed by atoms with Crippen molar-refractivity contribution in [2.75, 3.05) is 0 Å². The fraction of sp³-hybridized carbons (Fsp3) is 0.684. The lowest BCUT2D eigenvalue weighted by atomic mass is 9.84. The van der Waals surface area contributed by atoms with E-state index >= 15 is 0 Å². The average Bonchev–Trinajstić information content (AvgIpc) is 2.53. The third-order valence-corrected chi connectivity index (χ3v) is 4.95. The number of hydrogen-bond acceptors (Lipinski definition) is 2. The van der Waals surface area contributed by atoms with Crippen LogP contribution in [-0.4, -0.2) is 12.1 Å². The molecule has 21 heavy (non-hydrogen) atoms. The van der Waals surface area contributed by atoms with Gasteiger partial charge in [0, 0.05) is 6.04 Å². The fourth-order valence-electron chi connectivity index (χ4n) is 3.41. The molecule has 2 heteroatoms. The largest absolute Gasteiger partial charge is 0.368 e. The van der Waals surface area contributed by atoms with Gasteiger partial charge in [0.05, 0.1) is 12.2 Å². The van der Waals surface area contributed by atoms with Crippen molar-refractivity contribution >= 4 is 0 Å². The lowest BCUT2D eigenvalue weighted by Gasteiger charge is -2.36. The first-order valence-electron chi connectivity index (χ1n) is 8.63. The summed E-state index contributed by atoms with van der Waals surface area (Å²) >= 11 is 0. The first-order chi connectivity index (χ1) is 10.2. The van der Waals surface area contributed by atoms with Gasteiger partial charge in [0.15, 0.2) is 0 Å². The van der Waals surface area contributed by atoms with Gasteiger partial charge < -0.3 is 10.5 Å². The molecule has 2 nitrogen and oxygen atoms in total. The van der Waals surface area contributed by atoms with Gasteiger partial charge >= 0.3 is 0 Å². The van der Waals surface area contributed by atoms with E-state index in [0.717, 1.165) is 6.42 Å². The van der Waals surface area contributed by atoms with Crippen molar-refractivity contribution in [2.24, 2.45) is 11.7 Å². The first-order valence-corrected chi connectivity index (χ1v) is 8.63. The van der Waals surface area contributed by atoms with Crippen LogP contribution in [0, 0.1) is 12.8 Å². The molecule has 2 N–H and O–H groups in total. The van der Waals surface area contributed by atoms with Crippen LogP contribution in [0.25, 0.3) is 0 Å². The molecular weight excluding hydrogens is 258 g/mol. The Balaban J connectivity index is 2.14. The maximum absolute atomic E-state index is 6.55. The van der Waals surface area contributed by atoms with Gasteiger partial charge in [-0.1, -0.05) is 62.9 Å². The van der Waals surface area contributed by atoms with Gasteiger partial charge in [0.25, 0.3) is 0 Å². The molecule has 0 spiro atoms. The molecule has 0 aromatic heterocycles. The zero-order chi connectivity index (χ0) is 15.2. The van der Waals surface area contributed by atoms with Crippen molar-refractivity contribution in [1.29, 1.82) is 0 Å². The van der Waals surface area contributed by atoms with Gasteiger partial charge in [-0.3, -0.25) is 0 Å². The lowest BCUT2D eigenvalue weighted by Crippen LogP contribution is -2.36. The molecule has 1 aliphatic carbocycles. The molecule has 0 bridgehead atoms. The zero-order valence-corrected chi connectivity index (χ0v) is 13.8. The van der Waals surface area contributed by atoms with Crippen LogP contribution in [0.15, 0.2) is 24.3 Å². The minimum Gasteiger partial charge on any atom is -0.368 e. The summed E-state index contributed by atoms with van der Waals surface area (Å²) in [7, 11) is 0. The summed E-state index contributed by atoms with van der Waals surface area (Å²) in [5.41, 5.74) is 8.88. The van der Waals surface area contributed by atoms with E-state index in [1.54, 1.807) is 0 Å². The standard InChI is InChI=1S/C19H31NO/c1-4-15-8-6-7-9-18(15)21-19(17(20)5-2)16-12-10-14(3)11-13-16/h10-13,15,17-19H,4-9,20H2,1-3H3. The van der Waals surface area contributed by atoms with Crippen LogP contribution in [0.5, 0.6) is 0 Å². The molecule has 0 saturated heterocycles.